The fraction of sp³-hybridized carbons (Fsp3) is 0.188. The monoisotopic (exact) mass is 307 g/mol. The fourth-order valence-corrected chi connectivity index (χ4v) is 2.57. The number of thioether (sulfide) groups is 1. The molecule has 21 heavy (non-hydrogen) atoms. The summed E-state index contributed by atoms with van der Waals surface area (Å²) in [6, 6.07) is 12.8. The van der Waals surface area contributed by atoms with E-state index >= 15 is 0 Å². The molecule has 0 fully saturated rings. The van der Waals surface area contributed by atoms with Gasteiger partial charge in [0.2, 0.25) is 5.91 Å². The Balaban J connectivity index is 1.87. The molecule has 1 N–H and O–H groups in total. The molecule has 0 aliphatic carbocycles. The molecule has 5 heteroatoms. The van der Waals surface area contributed by atoms with Crippen LogP contribution in [0.1, 0.15) is 18.5 Å². The average Bonchev–Trinajstić information content (AvgIpc) is 2.47. The van der Waals surface area contributed by atoms with Crippen LogP contribution in [0.4, 0.5) is 8.78 Å². The lowest BCUT2D eigenvalue weighted by molar-refractivity contribution is -0.119. The molecule has 2 rings (SSSR count). The van der Waals surface area contributed by atoms with Gasteiger partial charge in [0, 0.05) is 11.0 Å². The van der Waals surface area contributed by atoms with Crippen molar-refractivity contribution < 1.29 is 13.6 Å². The van der Waals surface area contributed by atoms with E-state index in [0.717, 1.165) is 23.4 Å². The molecule has 0 saturated carbocycles. The summed E-state index contributed by atoms with van der Waals surface area (Å²) in [5.41, 5.74) is 1.00. The topological polar surface area (TPSA) is 29.1 Å². The van der Waals surface area contributed by atoms with Crippen molar-refractivity contribution in [2.45, 2.75) is 17.9 Å². The molecule has 2 nitrogen and oxygen atoms in total. The van der Waals surface area contributed by atoms with Crippen LogP contribution >= 0.6 is 11.8 Å². The van der Waals surface area contributed by atoms with E-state index in [1.807, 2.05) is 37.3 Å². The number of amides is 1. The van der Waals surface area contributed by atoms with Gasteiger partial charge >= 0.3 is 0 Å². The standard InChI is InChI=1S/C16H15F2NOS/c1-11(12-5-3-2-4-6-12)19-16(20)10-21-15-8-7-13(17)9-14(15)18/h2-9,11H,10H2,1H3,(H,19,20). The predicted octanol–water partition coefficient (Wildman–Crippen LogP) is 3.93. The van der Waals surface area contributed by atoms with E-state index in [2.05, 4.69) is 5.32 Å². The van der Waals surface area contributed by atoms with Crippen LogP contribution in [0, 0.1) is 11.6 Å². The number of benzene rings is 2. The van der Waals surface area contributed by atoms with Crippen LogP contribution in [0.3, 0.4) is 0 Å². The Bertz CT molecular complexity index is 619. The van der Waals surface area contributed by atoms with Crippen molar-refractivity contribution in [1.29, 1.82) is 0 Å². The van der Waals surface area contributed by atoms with Gasteiger partial charge in [-0.25, -0.2) is 8.78 Å². The molecule has 2 aromatic rings. The molecule has 0 heterocycles. The largest absolute Gasteiger partial charge is 0.349 e. The van der Waals surface area contributed by atoms with Gasteiger partial charge in [0.15, 0.2) is 0 Å². The first-order valence-corrected chi connectivity index (χ1v) is 7.47. The van der Waals surface area contributed by atoms with Crippen LogP contribution in [0.5, 0.6) is 0 Å². The molecular formula is C16H15F2NOS. The minimum absolute atomic E-state index is 0.0831. The van der Waals surface area contributed by atoms with Gasteiger partial charge < -0.3 is 5.32 Å². The van der Waals surface area contributed by atoms with Crippen LogP contribution in [0.2, 0.25) is 0 Å². The predicted molar refractivity (Wildman–Crippen MR) is 80.1 cm³/mol. The summed E-state index contributed by atoms with van der Waals surface area (Å²) in [5.74, 6) is -1.39. The number of nitrogens with one attached hydrogen (secondary N) is 1. The second-order valence-electron chi connectivity index (χ2n) is 4.56. The zero-order valence-corrected chi connectivity index (χ0v) is 12.3. The molecule has 0 aromatic heterocycles. The van der Waals surface area contributed by atoms with Crippen molar-refractivity contribution in [1.82, 2.24) is 5.32 Å². The summed E-state index contributed by atoms with van der Waals surface area (Å²) in [7, 11) is 0. The first kappa shape index (κ1) is 15.5. The van der Waals surface area contributed by atoms with Gasteiger partial charge in [-0.2, -0.15) is 0 Å². The van der Waals surface area contributed by atoms with Gasteiger partial charge in [0.1, 0.15) is 11.6 Å². The summed E-state index contributed by atoms with van der Waals surface area (Å²) in [6.45, 7) is 1.89. The van der Waals surface area contributed by atoms with Gasteiger partial charge in [0.25, 0.3) is 0 Å². The van der Waals surface area contributed by atoms with Gasteiger partial charge in [-0.15, -0.1) is 11.8 Å². The summed E-state index contributed by atoms with van der Waals surface area (Å²) < 4.78 is 26.2. The lowest BCUT2D eigenvalue weighted by atomic mass is 10.1. The number of halogens is 2. The molecule has 0 aliphatic rings. The second-order valence-corrected chi connectivity index (χ2v) is 5.58. The van der Waals surface area contributed by atoms with Crippen molar-refractivity contribution in [3.05, 3.63) is 65.7 Å². The Labute approximate surface area is 126 Å². The average molecular weight is 307 g/mol. The van der Waals surface area contributed by atoms with E-state index < -0.39 is 11.6 Å². The molecule has 110 valence electrons. The Morgan fingerprint density at radius 1 is 1.19 bits per heavy atom. The third kappa shape index (κ3) is 4.56. The maximum absolute atomic E-state index is 13.4. The van der Waals surface area contributed by atoms with Crippen LogP contribution in [-0.4, -0.2) is 11.7 Å². The first-order valence-electron chi connectivity index (χ1n) is 6.48. The maximum Gasteiger partial charge on any atom is 0.230 e. The number of hydrogen-bond donors (Lipinski definition) is 1. The zero-order chi connectivity index (χ0) is 15.2. The second kappa shape index (κ2) is 7.22. The van der Waals surface area contributed by atoms with Crippen molar-refractivity contribution in [3.8, 4) is 0 Å². The summed E-state index contributed by atoms with van der Waals surface area (Å²) in [6.07, 6.45) is 0. The molecule has 0 aliphatic heterocycles. The summed E-state index contributed by atoms with van der Waals surface area (Å²) in [4.78, 5) is 12.1. The lowest BCUT2D eigenvalue weighted by Gasteiger charge is -2.14. The zero-order valence-electron chi connectivity index (χ0n) is 11.5. The van der Waals surface area contributed by atoms with Gasteiger partial charge in [-0.1, -0.05) is 30.3 Å². The van der Waals surface area contributed by atoms with Crippen LogP contribution in [0.15, 0.2) is 53.4 Å². The smallest absolute Gasteiger partial charge is 0.230 e. The van der Waals surface area contributed by atoms with E-state index in [-0.39, 0.29) is 22.6 Å². The van der Waals surface area contributed by atoms with E-state index in [1.54, 1.807) is 0 Å². The number of hydrogen-bond acceptors (Lipinski definition) is 2. The van der Waals surface area contributed by atoms with E-state index in [4.69, 9.17) is 0 Å². The molecule has 1 amide bonds. The molecular weight excluding hydrogens is 292 g/mol. The van der Waals surface area contributed by atoms with Gasteiger partial charge in [-0.3, -0.25) is 4.79 Å². The molecule has 0 saturated heterocycles. The summed E-state index contributed by atoms with van der Waals surface area (Å²) >= 11 is 1.05. The van der Waals surface area contributed by atoms with Crippen LogP contribution in [0.25, 0.3) is 0 Å². The molecule has 0 bridgehead atoms. The summed E-state index contributed by atoms with van der Waals surface area (Å²) in [5, 5.41) is 2.84. The van der Waals surface area contributed by atoms with E-state index in [1.165, 1.54) is 12.1 Å². The van der Waals surface area contributed by atoms with Gasteiger partial charge in [-0.05, 0) is 24.6 Å². The third-order valence-corrected chi connectivity index (χ3v) is 3.98. The Kier molecular flexibility index (Phi) is 5.33. The molecule has 0 spiro atoms. The number of carbonyl (C=O) groups is 1. The quantitative estimate of drug-likeness (QED) is 0.848. The molecule has 1 unspecified atom stereocenters. The first-order chi connectivity index (χ1) is 10.1. The molecule has 2 aromatic carbocycles. The molecule has 1 atom stereocenters. The highest BCUT2D eigenvalue weighted by atomic mass is 32.2. The van der Waals surface area contributed by atoms with Crippen molar-refractivity contribution in [2.75, 3.05) is 5.75 Å². The minimum Gasteiger partial charge on any atom is -0.349 e. The molecule has 0 radical (unpaired) electrons. The third-order valence-electron chi connectivity index (χ3n) is 2.93. The normalized spacial score (nSPS) is 12.0. The van der Waals surface area contributed by atoms with Crippen LogP contribution in [-0.2, 0) is 4.79 Å². The SMILES string of the molecule is CC(NC(=O)CSc1ccc(F)cc1F)c1ccccc1. The van der Waals surface area contributed by atoms with Gasteiger partial charge in [0.05, 0.1) is 11.8 Å². The Morgan fingerprint density at radius 2 is 1.90 bits per heavy atom. The Hall–Kier alpha value is -1.88. The minimum atomic E-state index is -0.649. The van der Waals surface area contributed by atoms with Crippen LogP contribution < -0.4 is 5.32 Å². The highest BCUT2D eigenvalue weighted by Gasteiger charge is 2.11. The number of rotatable bonds is 5. The fourth-order valence-electron chi connectivity index (χ4n) is 1.84. The van der Waals surface area contributed by atoms with E-state index in [9.17, 15) is 13.6 Å². The number of carbonyl (C=O) groups excluding carboxylic acids is 1. The van der Waals surface area contributed by atoms with E-state index in [0.29, 0.717) is 0 Å². The Morgan fingerprint density at radius 3 is 2.57 bits per heavy atom. The van der Waals surface area contributed by atoms with Crippen molar-refractivity contribution in [2.24, 2.45) is 0 Å². The maximum atomic E-state index is 13.4. The lowest BCUT2D eigenvalue weighted by Crippen LogP contribution is -2.28. The highest BCUT2D eigenvalue weighted by molar-refractivity contribution is 8.00. The highest BCUT2D eigenvalue weighted by Crippen LogP contribution is 2.22. The van der Waals surface area contributed by atoms with Crippen molar-refractivity contribution >= 4 is 17.7 Å². The van der Waals surface area contributed by atoms with Crippen molar-refractivity contribution in [3.63, 3.8) is 0 Å².